The smallest absolute Gasteiger partial charge is 0.759 e. The van der Waals surface area contributed by atoms with E-state index in [9.17, 15) is 14.4 Å². The van der Waals surface area contributed by atoms with Crippen LogP contribution in [-0.2, 0) is 41.9 Å². The van der Waals surface area contributed by atoms with E-state index < -0.39 is 46.7 Å². The summed E-state index contributed by atoms with van der Waals surface area (Å²) >= 11 is 0. The molecule has 0 aromatic heterocycles. The van der Waals surface area contributed by atoms with Crippen molar-refractivity contribution < 1.29 is 113 Å². The van der Waals surface area contributed by atoms with E-state index in [0.29, 0.717) is 0 Å². The first-order valence-electron chi connectivity index (χ1n) is 3.84. The molecule has 0 saturated heterocycles. The Labute approximate surface area is 160 Å². The number of rotatable bonds is 5. The molecule has 19 nitrogen and oxygen atoms in total. The molecule has 0 amide bonds. The topological polar surface area (TPSA) is 464 Å². The van der Waals surface area contributed by atoms with E-state index in [4.69, 9.17) is 37.9 Å². The molecule has 0 spiro atoms. The van der Waals surface area contributed by atoms with Crippen LogP contribution in [0.3, 0.4) is 0 Å². The van der Waals surface area contributed by atoms with E-state index in [1.165, 1.54) is 0 Å². The van der Waals surface area contributed by atoms with E-state index in [1.54, 1.807) is 0 Å². The predicted molar refractivity (Wildman–Crippen MR) is 76.5 cm³/mol. The Morgan fingerprint density at radius 1 is 0.704 bits per heavy atom. The van der Waals surface area contributed by atoms with Gasteiger partial charge in [-0.05, 0) is 0 Å². The van der Waals surface area contributed by atoms with Crippen molar-refractivity contribution in [1.29, 1.82) is 0 Å². The standard InChI is InChI=1S/C6H8O7.Fe.H2O4S.8H2O/c7-3(8)1-6(13,5(11)12)2-4(9)10;;1-5(2,3)4;;;;;;;;/h13H,1-2H2,(H,7,8)(H,9,10)(H,11,12);;(H2,1,2,3,4);8*1H2/q;+2;;;;;;;;;/p-2. The molecule has 0 aliphatic carbocycles. The number of aliphatic carboxylic acids is 3. The summed E-state index contributed by atoms with van der Waals surface area (Å²) in [7, 11) is -5.17. The minimum absolute atomic E-state index is 0. The molecular formula is C6H24FeO19S. The molecule has 20 N–H and O–H groups in total. The van der Waals surface area contributed by atoms with Gasteiger partial charge in [-0.2, -0.15) is 0 Å². The fraction of sp³-hybridized carbons (Fsp3) is 0.500. The fourth-order valence-corrected chi connectivity index (χ4v) is 0.714. The van der Waals surface area contributed by atoms with Crippen LogP contribution in [0.15, 0.2) is 0 Å². The summed E-state index contributed by atoms with van der Waals surface area (Å²) in [4.78, 5) is 30.5. The summed E-state index contributed by atoms with van der Waals surface area (Å²) in [6, 6.07) is 0. The van der Waals surface area contributed by atoms with E-state index in [2.05, 4.69) is 0 Å². The van der Waals surface area contributed by atoms with Gasteiger partial charge in [-0.3, -0.25) is 18.0 Å². The number of carboxylic acid groups (broad SMARTS) is 3. The predicted octanol–water partition coefficient (Wildman–Crippen LogP) is -9.19. The average Bonchev–Trinajstić information content (AvgIpc) is 1.95. The van der Waals surface area contributed by atoms with Crippen LogP contribution in [0, 0.1) is 0 Å². The van der Waals surface area contributed by atoms with Crippen LogP contribution in [0.5, 0.6) is 0 Å². The summed E-state index contributed by atoms with van der Waals surface area (Å²) in [5, 5.41) is 33.8. The Balaban J connectivity index is -0.0000000185. The SMILES string of the molecule is O.O.O.O.O.O.O.O.O=C(O)CC(O)(CC(=O)O)C(=O)O.O=S(=O)([O-])[O-].[Fe+2]. The van der Waals surface area contributed by atoms with Gasteiger partial charge in [0.1, 0.15) is 0 Å². The van der Waals surface area contributed by atoms with Gasteiger partial charge < -0.3 is 73.3 Å². The zero-order valence-electron chi connectivity index (χ0n) is 12.8. The molecule has 0 aromatic carbocycles. The van der Waals surface area contributed by atoms with Crippen LogP contribution >= 0.6 is 0 Å². The van der Waals surface area contributed by atoms with E-state index in [0.717, 1.165) is 0 Å². The van der Waals surface area contributed by atoms with Crippen molar-refractivity contribution in [2.24, 2.45) is 0 Å². The first kappa shape index (κ1) is 72.9. The molecule has 0 aliphatic heterocycles. The first-order valence-corrected chi connectivity index (χ1v) is 5.17. The zero-order valence-corrected chi connectivity index (χ0v) is 14.7. The van der Waals surface area contributed by atoms with Crippen molar-refractivity contribution in [3.8, 4) is 0 Å². The van der Waals surface area contributed by atoms with Crippen LogP contribution in [0.2, 0.25) is 0 Å². The number of aliphatic hydroxyl groups is 1. The maximum atomic E-state index is 10.3. The third-order valence-corrected chi connectivity index (χ3v) is 1.29. The number of carboxylic acids is 3. The molecule has 21 heteroatoms. The molecular weight excluding hydrogens is 464 g/mol. The Hall–Kier alpha value is -1.56. The summed E-state index contributed by atoms with van der Waals surface area (Å²) < 4.78 is 34.1. The van der Waals surface area contributed by atoms with Gasteiger partial charge in [0, 0.05) is 10.4 Å². The second-order valence-electron chi connectivity index (χ2n) is 2.89. The molecule has 0 fully saturated rings. The Bertz CT molecular complexity index is 407. The second kappa shape index (κ2) is 29.2. The maximum Gasteiger partial charge on any atom is 2.00 e. The monoisotopic (exact) mass is 488 g/mol. The van der Waals surface area contributed by atoms with E-state index in [-0.39, 0.29) is 60.9 Å². The Morgan fingerprint density at radius 2 is 0.852 bits per heavy atom. The van der Waals surface area contributed by atoms with Crippen LogP contribution in [0.25, 0.3) is 0 Å². The molecule has 0 saturated carbocycles. The van der Waals surface area contributed by atoms with Gasteiger partial charge in [0.25, 0.3) is 0 Å². The van der Waals surface area contributed by atoms with Crippen molar-refractivity contribution in [2.75, 3.05) is 0 Å². The van der Waals surface area contributed by atoms with E-state index in [1.807, 2.05) is 0 Å². The van der Waals surface area contributed by atoms with E-state index >= 15 is 0 Å². The molecule has 0 aromatic rings. The summed E-state index contributed by atoms with van der Waals surface area (Å²) in [5.41, 5.74) is -2.74. The molecule has 176 valence electrons. The van der Waals surface area contributed by atoms with Gasteiger partial charge in [-0.15, -0.1) is 0 Å². The third-order valence-electron chi connectivity index (χ3n) is 1.29. The molecule has 0 bridgehead atoms. The quantitative estimate of drug-likeness (QED) is 0.160. The second-order valence-corrected chi connectivity index (χ2v) is 3.70. The van der Waals surface area contributed by atoms with Gasteiger partial charge in [0.2, 0.25) is 0 Å². The van der Waals surface area contributed by atoms with Crippen LogP contribution in [0.1, 0.15) is 12.8 Å². The largest absolute Gasteiger partial charge is 2.00 e. The van der Waals surface area contributed by atoms with Crippen molar-refractivity contribution >= 4 is 28.3 Å². The molecule has 0 aliphatic rings. The number of hydrogen-bond donors (Lipinski definition) is 4. The molecule has 27 heavy (non-hydrogen) atoms. The number of carbonyl (C=O) groups is 3. The summed E-state index contributed by atoms with van der Waals surface area (Å²) in [6.45, 7) is 0. The Kier molecular flexibility index (Phi) is 78.8. The zero-order chi connectivity index (χ0) is 15.1. The molecule has 0 rings (SSSR count). The molecule has 0 radical (unpaired) electrons. The number of hydrogen-bond acceptors (Lipinski definition) is 8. The van der Waals surface area contributed by atoms with Gasteiger partial charge in [0.15, 0.2) is 5.60 Å². The molecule has 0 atom stereocenters. The van der Waals surface area contributed by atoms with Crippen molar-refractivity contribution in [1.82, 2.24) is 0 Å². The van der Waals surface area contributed by atoms with Gasteiger partial charge in [-0.25, -0.2) is 4.79 Å². The minimum Gasteiger partial charge on any atom is -0.759 e. The normalized spacial score (nSPS) is 7.37. The molecule has 0 unspecified atom stereocenters. The minimum atomic E-state index is -5.17. The van der Waals surface area contributed by atoms with Gasteiger partial charge in [-0.1, -0.05) is 0 Å². The first-order chi connectivity index (χ1) is 7.78. The fourth-order valence-electron chi connectivity index (χ4n) is 0.714. The maximum absolute atomic E-state index is 10.3. The van der Waals surface area contributed by atoms with Crippen LogP contribution < -0.4 is 0 Å². The van der Waals surface area contributed by atoms with Gasteiger partial charge in [0.05, 0.1) is 12.8 Å². The Morgan fingerprint density at radius 3 is 0.926 bits per heavy atom. The van der Waals surface area contributed by atoms with Crippen molar-refractivity contribution in [3.63, 3.8) is 0 Å². The average molecular weight is 488 g/mol. The van der Waals surface area contributed by atoms with Crippen LogP contribution in [-0.4, -0.2) is 105 Å². The van der Waals surface area contributed by atoms with Crippen LogP contribution in [0.4, 0.5) is 0 Å². The molecule has 0 heterocycles. The summed E-state index contributed by atoms with van der Waals surface area (Å²) in [6.07, 6.45) is -2.29. The van der Waals surface area contributed by atoms with Gasteiger partial charge >= 0.3 is 35.0 Å². The van der Waals surface area contributed by atoms with Crippen molar-refractivity contribution in [3.05, 3.63) is 0 Å². The third kappa shape index (κ3) is 59.0. The summed E-state index contributed by atoms with van der Waals surface area (Å²) in [5.74, 6) is -5.02. The van der Waals surface area contributed by atoms with Crippen molar-refractivity contribution in [2.45, 2.75) is 18.4 Å².